The van der Waals surface area contributed by atoms with Crippen molar-refractivity contribution in [3.05, 3.63) is 47.7 Å². The topological polar surface area (TPSA) is 106 Å². The van der Waals surface area contributed by atoms with Gasteiger partial charge in [0.15, 0.2) is 0 Å². The first kappa shape index (κ1) is 17.2. The third-order valence-electron chi connectivity index (χ3n) is 4.61. The minimum Gasteiger partial charge on any atom is -0.381 e. The second kappa shape index (κ2) is 7.53. The molecule has 1 aromatic carbocycles. The molecule has 2 atom stereocenters. The summed E-state index contributed by atoms with van der Waals surface area (Å²) in [4.78, 5) is 16.2. The highest BCUT2D eigenvalue weighted by atomic mass is 16.1. The average molecular weight is 339 g/mol. The Labute approximate surface area is 148 Å². The Morgan fingerprint density at radius 1 is 1.20 bits per heavy atom. The van der Waals surface area contributed by atoms with Gasteiger partial charge in [0, 0.05) is 23.5 Å². The molecule has 1 aliphatic rings. The largest absolute Gasteiger partial charge is 0.381 e. The number of nitrogens with zero attached hydrogens (tertiary/aromatic N) is 1. The summed E-state index contributed by atoms with van der Waals surface area (Å²) in [6.45, 7) is 1.92. The zero-order chi connectivity index (χ0) is 17.8. The van der Waals surface area contributed by atoms with E-state index in [9.17, 15) is 4.79 Å². The normalized spacial score (nSPS) is 20.1. The third kappa shape index (κ3) is 4.28. The Kier molecular flexibility index (Phi) is 5.19. The number of nitrogens with one attached hydrogen (secondary N) is 2. The van der Waals surface area contributed by atoms with Crippen LogP contribution in [0.1, 0.15) is 41.7 Å². The zero-order valence-corrected chi connectivity index (χ0v) is 14.5. The number of amides is 1. The van der Waals surface area contributed by atoms with Crippen LogP contribution in [0, 0.1) is 6.92 Å². The van der Waals surface area contributed by atoms with Gasteiger partial charge in [0.25, 0.3) is 5.91 Å². The van der Waals surface area contributed by atoms with Crippen molar-refractivity contribution in [1.82, 2.24) is 4.98 Å². The SMILES string of the molecule is Cc1cccc(Nc2cc(NC3CCCCC3N)ccc2C(N)=O)n1. The standard InChI is InChI=1S/C19H25N5O/c1-12-5-4-8-18(22-12)24-17-11-13(9-10-14(17)19(21)25)23-16-7-3-2-6-15(16)20/h4-5,8-11,15-16,23H,2-3,6-7,20H2,1H3,(H2,21,25)(H,22,24). The van der Waals surface area contributed by atoms with Gasteiger partial charge in [0.1, 0.15) is 5.82 Å². The number of hydrogen-bond donors (Lipinski definition) is 4. The van der Waals surface area contributed by atoms with Crippen LogP contribution in [0.15, 0.2) is 36.4 Å². The molecule has 1 aromatic heterocycles. The lowest BCUT2D eigenvalue weighted by molar-refractivity contribution is 0.100. The molecule has 1 saturated carbocycles. The number of aryl methyl sites for hydroxylation is 1. The summed E-state index contributed by atoms with van der Waals surface area (Å²) in [5.41, 5.74) is 14.6. The summed E-state index contributed by atoms with van der Waals surface area (Å²) in [6.07, 6.45) is 4.46. The Morgan fingerprint density at radius 3 is 2.72 bits per heavy atom. The van der Waals surface area contributed by atoms with Crippen LogP contribution in [0.4, 0.5) is 17.2 Å². The van der Waals surface area contributed by atoms with Crippen LogP contribution in [-0.4, -0.2) is 23.0 Å². The number of nitrogens with two attached hydrogens (primary N) is 2. The molecule has 0 aliphatic heterocycles. The fraction of sp³-hybridized carbons (Fsp3) is 0.368. The van der Waals surface area contributed by atoms with Crippen molar-refractivity contribution in [1.29, 1.82) is 0 Å². The number of pyridine rings is 1. The van der Waals surface area contributed by atoms with Crippen LogP contribution in [0.25, 0.3) is 0 Å². The van der Waals surface area contributed by atoms with E-state index in [0.717, 1.165) is 24.2 Å². The molecule has 0 saturated heterocycles. The number of carbonyl (C=O) groups excluding carboxylic acids is 1. The summed E-state index contributed by atoms with van der Waals surface area (Å²) in [5, 5.41) is 6.70. The highest BCUT2D eigenvalue weighted by molar-refractivity contribution is 5.99. The molecular weight excluding hydrogens is 314 g/mol. The van der Waals surface area contributed by atoms with Gasteiger partial charge < -0.3 is 22.1 Å². The quantitative estimate of drug-likeness (QED) is 0.670. The van der Waals surface area contributed by atoms with Gasteiger partial charge in [-0.1, -0.05) is 18.9 Å². The lowest BCUT2D eigenvalue weighted by Crippen LogP contribution is -2.42. The molecule has 6 nitrogen and oxygen atoms in total. The molecule has 3 rings (SSSR count). The predicted molar refractivity (Wildman–Crippen MR) is 101 cm³/mol. The molecule has 0 spiro atoms. The number of rotatable bonds is 5. The first-order valence-electron chi connectivity index (χ1n) is 8.69. The lowest BCUT2D eigenvalue weighted by atomic mass is 9.91. The summed E-state index contributed by atoms with van der Waals surface area (Å²) >= 11 is 0. The van der Waals surface area contributed by atoms with E-state index in [1.165, 1.54) is 12.8 Å². The van der Waals surface area contributed by atoms with Gasteiger partial charge in [-0.25, -0.2) is 4.98 Å². The molecule has 132 valence electrons. The predicted octanol–water partition coefficient (Wildman–Crippen LogP) is 2.91. The molecule has 6 heteroatoms. The van der Waals surface area contributed by atoms with Crippen molar-refractivity contribution in [3.63, 3.8) is 0 Å². The van der Waals surface area contributed by atoms with Crippen molar-refractivity contribution in [2.24, 2.45) is 11.5 Å². The maximum atomic E-state index is 11.8. The van der Waals surface area contributed by atoms with Crippen LogP contribution in [0.5, 0.6) is 0 Å². The molecule has 6 N–H and O–H groups in total. The van der Waals surface area contributed by atoms with Gasteiger partial charge in [0.05, 0.1) is 11.3 Å². The molecule has 2 aromatic rings. The molecule has 0 radical (unpaired) electrons. The van der Waals surface area contributed by atoms with E-state index in [-0.39, 0.29) is 12.1 Å². The highest BCUT2D eigenvalue weighted by Crippen LogP contribution is 2.27. The van der Waals surface area contributed by atoms with E-state index in [2.05, 4.69) is 15.6 Å². The number of primary amides is 1. The van der Waals surface area contributed by atoms with Crippen molar-refractivity contribution in [2.75, 3.05) is 10.6 Å². The van der Waals surface area contributed by atoms with Gasteiger partial charge in [0.2, 0.25) is 0 Å². The Morgan fingerprint density at radius 2 is 2.00 bits per heavy atom. The van der Waals surface area contributed by atoms with Crippen molar-refractivity contribution in [2.45, 2.75) is 44.7 Å². The maximum absolute atomic E-state index is 11.8. The summed E-state index contributed by atoms with van der Waals surface area (Å²) in [5.74, 6) is 0.199. The fourth-order valence-corrected chi connectivity index (χ4v) is 3.26. The smallest absolute Gasteiger partial charge is 0.250 e. The minimum atomic E-state index is -0.476. The van der Waals surface area contributed by atoms with E-state index in [1.807, 2.05) is 37.3 Å². The zero-order valence-electron chi connectivity index (χ0n) is 14.5. The third-order valence-corrected chi connectivity index (χ3v) is 4.61. The van der Waals surface area contributed by atoms with Gasteiger partial charge in [-0.15, -0.1) is 0 Å². The summed E-state index contributed by atoms with van der Waals surface area (Å²) in [7, 11) is 0. The van der Waals surface area contributed by atoms with Gasteiger partial charge in [-0.05, 0) is 50.1 Å². The van der Waals surface area contributed by atoms with Crippen LogP contribution in [0.3, 0.4) is 0 Å². The molecule has 0 bridgehead atoms. The minimum absolute atomic E-state index is 0.152. The van der Waals surface area contributed by atoms with E-state index < -0.39 is 5.91 Å². The monoisotopic (exact) mass is 339 g/mol. The van der Waals surface area contributed by atoms with Crippen LogP contribution < -0.4 is 22.1 Å². The number of carbonyl (C=O) groups is 1. The van der Waals surface area contributed by atoms with Gasteiger partial charge in [-0.2, -0.15) is 0 Å². The van der Waals surface area contributed by atoms with E-state index in [1.54, 1.807) is 6.07 Å². The lowest BCUT2D eigenvalue weighted by Gasteiger charge is -2.30. The molecule has 25 heavy (non-hydrogen) atoms. The molecule has 1 aliphatic carbocycles. The first-order chi connectivity index (χ1) is 12.0. The average Bonchev–Trinajstić information content (AvgIpc) is 2.57. The Bertz CT molecular complexity index is 761. The van der Waals surface area contributed by atoms with E-state index in [0.29, 0.717) is 17.1 Å². The number of hydrogen-bond acceptors (Lipinski definition) is 5. The Hall–Kier alpha value is -2.60. The van der Waals surface area contributed by atoms with Crippen LogP contribution in [-0.2, 0) is 0 Å². The van der Waals surface area contributed by atoms with E-state index in [4.69, 9.17) is 11.5 Å². The summed E-state index contributed by atoms with van der Waals surface area (Å²) < 4.78 is 0. The maximum Gasteiger partial charge on any atom is 0.250 e. The van der Waals surface area contributed by atoms with Crippen LogP contribution in [0.2, 0.25) is 0 Å². The molecule has 2 unspecified atom stereocenters. The number of aromatic nitrogens is 1. The Balaban J connectivity index is 1.85. The number of anilines is 3. The molecule has 1 amide bonds. The van der Waals surface area contributed by atoms with Gasteiger partial charge in [-0.3, -0.25) is 4.79 Å². The molecule has 1 heterocycles. The fourth-order valence-electron chi connectivity index (χ4n) is 3.26. The van der Waals surface area contributed by atoms with E-state index >= 15 is 0 Å². The molecule has 1 fully saturated rings. The van der Waals surface area contributed by atoms with Crippen molar-refractivity contribution < 1.29 is 4.79 Å². The highest BCUT2D eigenvalue weighted by Gasteiger charge is 2.22. The number of benzene rings is 1. The second-order valence-corrected chi connectivity index (χ2v) is 6.61. The molecular formula is C19H25N5O. The van der Waals surface area contributed by atoms with Crippen molar-refractivity contribution >= 4 is 23.1 Å². The second-order valence-electron chi connectivity index (χ2n) is 6.61. The van der Waals surface area contributed by atoms with Crippen LogP contribution >= 0.6 is 0 Å². The first-order valence-corrected chi connectivity index (χ1v) is 8.69. The van der Waals surface area contributed by atoms with Crippen molar-refractivity contribution in [3.8, 4) is 0 Å². The van der Waals surface area contributed by atoms with Gasteiger partial charge >= 0.3 is 0 Å². The summed E-state index contributed by atoms with van der Waals surface area (Å²) in [6, 6.07) is 11.6.